The Morgan fingerprint density at radius 1 is 1.03 bits per heavy atom. The molecule has 0 aliphatic carbocycles. The number of benzene rings is 2. The Kier molecular flexibility index (Phi) is 7.08. The molecule has 0 bridgehead atoms. The zero-order chi connectivity index (χ0) is 24.3. The number of nitrogens with one attached hydrogen (secondary N) is 1. The number of rotatable bonds is 7. The molecule has 0 unspecified atom stereocenters. The van der Waals surface area contributed by atoms with Crippen LogP contribution in [0.5, 0.6) is 0 Å². The van der Waals surface area contributed by atoms with Gasteiger partial charge in [-0.25, -0.2) is 13.2 Å². The topological polar surface area (TPSA) is 105 Å². The summed E-state index contributed by atoms with van der Waals surface area (Å²) in [6, 6.07) is 12.2. The number of anilines is 1. The molecule has 3 aromatic rings. The van der Waals surface area contributed by atoms with Gasteiger partial charge in [0.05, 0.1) is 10.4 Å². The molecule has 2 aromatic carbocycles. The molecule has 0 atom stereocenters. The first-order valence-electron chi connectivity index (χ1n) is 11.4. The summed E-state index contributed by atoms with van der Waals surface area (Å²) in [7, 11) is 0.239. The maximum Gasteiger partial charge on any atom is 0.420 e. The van der Waals surface area contributed by atoms with Gasteiger partial charge in [0.15, 0.2) is 5.58 Å². The Balaban J connectivity index is 1.47. The molecule has 1 aromatic heterocycles. The van der Waals surface area contributed by atoms with E-state index in [1.165, 1.54) is 27.1 Å². The maximum absolute atomic E-state index is 13.1. The van der Waals surface area contributed by atoms with E-state index in [2.05, 4.69) is 5.32 Å². The number of hydrogen-bond acceptors (Lipinski definition) is 6. The van der Waals surface area contributed by atoms with Crippen LogP contribution in [0, 0.1) is 0 Å². The van der Waals surface area contributed by atoms with Gasteiger partial charge >= 0.3 is 5.76 Å². The van der Waals surface area contributed by atoms with Gasteiger partial charge in [-0.15, -0.1) is 0 Å². The van der Waals surface area contributed by atoms with Crippen molar-refractivity contribution in [2.75, 3.05) is 32.1 Å². The summed E-state index contributed by atoms with van der Waals surface area (Å²) >= 11 is 0. The highest BCUT2D eigenvalue weighted by atomic mass is 32.2. The van der Waals surface area contributed by atoms with E-state index in [4.69, 9.17) is 4.42 Å². The van der Waals surface area contributed by atoms with E-state index in [1.54, 1.807) is 0 Å². The van der Waals surface area contributed by atoms with Gasteiger partial charge in [0.2, 0.25) is 15.9 Å². The molecule has 2 heterocycles. The minimum atomic E-state index is -3.67. The van der Waals surface area contributed by atoms with Gasteiger partial charge in [0.1, 0.15) is 6.54 Å². The van der Waals surface area contributed by atoms with Crippen LogP contribution in [0.4, 0.5) is 5.69 Å². The standard InChI is InChI=1S/C24H30N4O5S/c1-26(2)19-9-7-18(8-10-19)16-25-23(29)17-28-21-12-11-20(15-22(21)33-24(28)30)34(31,32)27-13-5-3-4-6-14-27/h7-12,15H,3-6,13-14,16-17H2,1-2H3,(H,25,29). The van der Waals surface area contributed by atoms with E-state index in [0.717, 1.165) is 36.9 Å². The van der Waals surface area contributed by atoms with Gasteiger partial charge in [-0.2, -0.15) is 4.31 Å². The normalized spacial score (nSPS) is 15.2. The van der Waals surface area contributed by atoms with Crippen molar-refractivity contribution in [1.82, 2.24) is 14.2 Å². The summed E-state index contributed by atoms with van der Waals surface area (Å²) in [5.74, 6) is -1.05. The van der Waals surface area contributed by atoms with Crippen molar-refractivity contribution >= 4 is 32.7 Å². The van der Waals surface area contributed by atoms with E-state index in [-0.39, 0.29) is 22.9 Å². The van der Waals surface area contributed by atoms with Crippen molar-refractivity contribution in [3.8, 4) is 0 Å². The second-order valence-corrected chi connectivity index (χ2v) is 10.7. The van der Waals surface area contributed by atoms with Gasteiger partial charge in [0, 0.05) is 45.5 Å². The van der Waals surface area contributed by atoms with Gasteiger partial charge < -0.3 is 14.6 Å². The average Bonchev–Trinajstić information content (AvgIpc) is 2.98. The van der Waals surface area contributed by atoms with Crippen LogP contribution in [-0.4, -0.2) is 50.4 Å². The lowest BCUT2D eigenvalue weighted by Crippen LogP contribution is -2.32. The van der Waals surface area contributed by atoms with E-state index < -0.39 is 15.8 Å². The summed E-state index contributed by atoms with van der Waals surface area (Å²) in [6.07, 6.45) is 3.71. The van der Waals surface area contributed by atoms with Crippen LogP contribution in [0.15, 0.2) is 56.6 Å². The number of amides is 1. The number of sulfonamides is 1. The van der Waals surface area contributed by atoms with Crippen molar-refractivity contribution in [3.63, 3.8) is 0 Å². The summed E-state index contributed by atoms with van der Waals surface area (Å²) in [5, 5.41) is 2.81. The van der Waals surface area contributed by atoms with Crippen LogP contribution >= 0.6 is 0 Å². The van der Waals surface area contributed by atoms with Crippen LogP contribution in [0.1, 0.15) is 31.2 Å². The molecule has 0 spiro atoms. The summed E-state index contributed by atoms with van der Waals surface area (Å²) < 4.78 is 34.1. The lowest BCUT2D eigenvalue weighted by Gasteiger charge is -2.19. The minimum Gasteiger partial charge on any atom is -0.408 e. The fourth-order valence-corrected chi connectivity index (χ4v) is 5.63. The van der Waals surface area contributed by atoms with E-state index in [1.807, 2.05) is 43.3 Å². The molecule has 0 saturated carbocycles. The molecule has 10 heteroatoms. The largest absolute Gasteiger partial charge is 0.420 e. The first-order valence-corrected chi connectivity index (χ1v) is 12.9. The fourth-order valence-electron chi connectivity index (χ4n) is 4.10. The highest BCUT2D eigenvalue weighted by molar-refractivity contribution is 7.89. The first kappa shape index (κ1) is 24.0. The highest BCUT2D eigenvalue weighted by Crippen LogP contribution is 2.24. The Hall–Kier alpha value is -3.11. The van der Waals surface area contributed by atoms with E-state index >= 15 is 0 Å². The first-order chi connectivity index (χ1) is 16.3. The minimum absolute atomic E-state index is 0.0911. The average molecular weight is 487 g/mol. The number of carbonyl (C=O) groups excluding carboxylic acids is 1. The third-order valence-corrected chi connectivity index (χ3v) is 7.98. The van der Waals surface area contributed by atoms with Gasteiger partial charge in [-0.3, -0.25) is 9.36 Å². The SMILES string of the molecule is CN(C)c1ccc(CNC(=O)Cn2c(=O)oc3cc(S(=O)(=O)N4CCCCCC4)ccc32)cc1. The van der Waals surface area contributed by atoms with Crippen LogP contribution in [0.3, 0.4) is 0 Å². The van der Waals surface area contributed by atoms with Crippen LogP contribution in [-0.2, 0) is 27.9 Å². The third kappa shape index (κ3) is 5.18. The zero-order valence-corrected chi connectivity index (χ0v) is 20.3. The zero-order valence-electron chi connectivity index (χ0n) is 19.5. The summed E-state index contributed by atoms with van der Waals surface area (Å²) in [4.78, 5) is 27.0. The quantitative estimate of drug-likeness (QED) is 0.550. The predicted molar refractivity (Wildman–Crippen MR) is 130 cm³/mol. The highest BCUT2D eigenvalue weighted by Gasteiger charge is 2.26. The molecule has 0 radical (unpaired) electrons. The number of oxazole rings is 1. The maximum atomic E-state index is 13.1. The molecule has 9 nitrogen and oxygen atoms in total. The van der Waals surface area contributed by atoms with Crippen LogP contribution < -0.4 is 16.0 Å². The van der Waals surface area contributed by atoms with Gasteiger partial charge in [-0.05, 0) is 42.7 Å². The molecule has 34 heavy (non-hydrogen) atoms. The number of nitrogens with zero attached hydrogens (tertiary/aromatic N) is 3. The summed E-state index contributed by atoms with van der Waals surface area (Å²) in [6.45, 7) is 1.09. The number of fused-ring (bicyclic) bond motifs is 1. The second-order valence-electron chi connectivity index (χ2n) is 8.74. The second kappa shape index (κ2) is 10.0. The Morgan fingerprint density at radius 2 is 1.71 bits per heavy atom. The van der Waals surface area contributed by atoms with E-state index in [9.17, 15) is 18.0 Å². The fraction of sp³-hybridized carbons (Fsp3) is 0.417. The molecule has 4 rings (SSSR count). The monoisotopic (exact) mass is 486 g/mol. The molecular formula is C24H30N4O5S. The molecule has 1 saturated heterocycles. The predicted octanol–water partition coefficient (Wildman–Crippen LogP) is 2.54. The molecule has 1 aliphatic rings. The van der Waals surface area contributed by atoms with Gasteiger partial charge in [-0.1, -0.05) is 25.0 Å². The Bertz CT molecular complexity index is 1320. The molecule has 1 N–H and O–H groups in total. The lowest BCUT2D eigenvalue weighted by molar-refractivity contribution is -0.121. The van der Waals surface area contributed by atoms with Crippen molar-refractivity contribution in [2.24, 2.45) is 0 Å². The van der Waals surface area contributed by atoms with E-state index in [0.29, 0.717) is 25.2 Å². The van der Waals surface area contributed by atoms with Crippen LogP contribution in [0.25, 0.3) is 11.1 Å². The Morgan fingerprint density at radius 3 is 2.35 bits per heavy atom. The van der Waals surface area contributed by atoms with Crippen molar-refractivity contribution in [1.29, 1.82) is 0 Å². The molecule has 182 valence electrons. The number of hydrogen-bond donors (Lipinski definition) is 1. The van der Waals surface area contributed by atoms with Crippen molar-refractivity contribution in [2.45, 2.75) is 43.7 Å². The number of aromatic nitrogens is 1. The molecule has 1 fully saturated rings. The van der Waals surface area contributed by atoms with Crippen molar-refractivity contribution in [3.05, 3.63) is 58.6 Å². The van der Waals surface area contributed by atoms with Crippen molar-refractivity contribution < 1.29 is 17.6 Å². The lowest BCUT2D eigenvalue weighted by atomic mass is 10.2. The Labute approximate surface area is 199 Å². The number of carbonyl (C=O) groups is 1. The molecule has 1 aliphatic heterocycles. The van der Waals surface area contributed by atoms with Crippen LogP contribution in [0.2, 0.25) is 0 Å². The molecule has 1 amide bonds. The molecular weight excluding hydrogens is 456 g/mol. The summed E-state index contributed by atoms with van der Waals surface area (Å²) in [5.41, 5.74) is 2.52. The smallest absolute Gasteiger partial charge is 0.408 e. The van der Waals surface area contributed by atoms with Gasteiger partial charge in [0.25, 0.3) is 0 Å². The third-order valence-electron chi connectivity index (χ3n) is 6.09.